The minimum Gasteiger partial charge on any atom is -0.437 e. The molecule has 0 amide bonds. The van der Waals surface area contributed by atoms with Crippen molar-refractivity contribution in [2.24, 2.45) is 0 Å². The molecule has 0 fully saturated rings. The molecule has 2 aromatic rings. The summed E-state index contributed by atoms with van der Waals surface area (Å²) in [6.45, 7) is 0. The average molecular weight is 319 g/mol. The van der Waals surface area contributed by atoms with E-state index in [-0.39, 0.29) is 5.75 Å². The third kappa shape index (κ3) is 2.98. The lowest BCUT2D eigenvalue weighted by atomic mass is 10.2. The van der Waals surface area contributed by atoms with Gasteiger partial charge in [0.15, 0.2) is 0 Å². The zero-order chi connectivity index (χ0) is 13.2. The highest BCUT2D eigenvalue weighted by Gasteiger charge is 2.35. The van der Waals surface area contributed by atoms with Crippen molar-refractivity contribution in [1.29, 1.82) is 0 Å². The number of rotatable bonds is 2. The second-order valence-electron chi connectivity index (χ2n) is 3.29. The van der Waals surface area contributed by atoms with E-state index in [1.807, 2.05) is 0 Å². The predicted octanol–water partition coefficient (Wildman–Crippen LogP) is 4.05. The van der Waals surface area contributed by atoms with Crippen molar-refractivity contribution in [3.63, 3.8) is 0 Å². The molecular weight excluding hydrogens is 313 g/mol. The van der Waals surface area contributed by atoms with Gasteiger partial charge < -0.3 is 4.74 Å². The molecule has 0 N–H and O–H groups in total. The van der Waals surface area contributed by atoms with Crippen LogP contribution >= 0.6 is 15.9 Å². The molecule has 0 spiro atoms. The zero-order valence-corrected chi connectivity index (χ0v) is 10.4. The highest BCUT2D eigenvalue weighted by atomic mass is 79.9. The van der Waals surface area contributed by atoms with Crippen LogP contribution in [-0.2, 0) is 6.18 Å². The van der Waals surface area contributed by atoms with Crippen LogP contribution in [-0.4, -0.2) is 9.97 Å². The Kier molecular flexibility index (Phi) is 3.51. The van der Waals surface area contributed by atoms with Crippen molar-refractivity contribution in [2.75, 3.05) is 0 Å². The van der Waals surface area contributed by atoms with Crippen LogP contribution < -0.4 is 4.74 Å². The molecule has 0 aliphatic rings. The standard InChI is InChI=1S/C11H6BrF3N2O/c12-7-4-8(6-16-5-7)18-10-9(11(13,14)15)2-1-3-17-10/h1-6H. The summed E-state index contributed by atoms with van der Waals surface area (Å²) >= 11 is 3.15. The number of hydrogen-bond donors (Lipinski definition) is 0. The Bertz CT molecular complexity index is 560. The second-order valence-corrected chi connectivity index (χ2v) is 4.21. The first-order valence-electron chi connectivity index (χ1n) is 4.77. The first-order chi connectivity index (χ1) is 8.47. The van der Waals surface area contributed by atoms with Crippen LogP contribution in [0.25, 0.3) is 0 Å². The third-order valence-corrected chi connectivity index (χ3v) is 2.40. The van der Waals surface area contributed by atoms with Gasteiger partial charge in [-0.1, -0.05) is 0 Å². The number of aromatic nitrogens is 2. The van der Waals surface area contributed by atoms with Gasteiger partial charge >= 0.3 is 6.18 Å². The van der Waals surface area contributed by atoms with E-state index in [1.165, 1.54) is 30.7 Å². The Morgan fingerprint density at radius 1 is 1.22 bits per heavy atom. The minimum absolute atomic E-state index is 0.175. The van der Waals surface area contributed by atoms with Crippen molar-refractivity contribution in [3.8, 4) is 11.6 Å². The number of ether oxygens (including phenoxy) is 1. The van der Waals surface area contributed by atoms with Gasteiger partial charge in [-0.3, -0.25) is 4.98 Å². The monoisotopic (exact) mass is 318 g/mol. The summed E-state index contributed by atoms with van der Waals surface area (Å²) in [5.74, 6) is -0.321. The van der Waals surface area contributed by atoms with E-state index in [0.29, 0.717) is 4.47 Å². The number of pyridine rings is 2. The fourth-order valence-electron chi connectivity index (χ4n) is 1.25. The van der Waals surface area contributed by atoms with Crippen LogP contribution in [0.15, 0.2) is 41.3 Å². The smallest absolute Gasteiger partial charge is 0.421 e. The maximum Gasteiger partial charge on any atom is 0.421 e. The maximum atomic E-state index is 12.7. The number of alkyl halides is 3. The van der Waals surface area contributed by atoms with Crippen LogP contribution in [0.2, 0.25) is 0 Å². The lowest BCUT2D eigenvalue weighted by molar-refractivity contribution is -0.138. The van der Waals surface area contributed by atoms with Gasteiger partial charge in [0.1, 0.15) is 11.3 Å². The Balaban J connectivity index is 2.35. The van der Waals surface area contributed by atoms with E-state index >= 15 is 0 Å². The molecule has 0 unspecified atom stereocenters. The summed E-state index contributed by atoms with van der Waals surface area (Å²) < 4.78 is 43.8. The lowest BCUT2D eigenvalue weighted by Crippen LogP contribution is -2.08. The maximum absolute atomic E-state index is 12.7. The summed E-state index contributed by atoms with van der Waals surface area (Å²) in [6, 6.07) is 3.62. The molecule has 2 heterocycles. The lowest BCUT2D eigenvalue weighted by Gasteiger charge is -2.11. The van der Waals surface area contributed by atoms with E-state index in [4.69, 9.17) is 4.74 Å². The van der Waals surface area contributed by atoms with Crippen LogP contribution in [0, 0.1) is 0 Å². The predicted molar refractivity (Wildman–Crippen MR) is 61.3 cm³/mol. The van der Waals surface area contributed by atoms with E-state index in [9.17, 15) is 13.2 Å². The molecule has 0 saturated carbocycles. The van der Waals surface area contributed by atoms with Crippen LogP contribution in [0.4, 0.5) is 13.2 Å². The summed E-state index contributed by atoms with van der Waals surface area (Å²) in [5.41, 5.74) is -0.926. The Morgan fingerprint density at radius 2 is 2.00 bits per heavy atom. The van der Waals surface area contributed by atoms with Crippen LogP contribution in [0.3, 0.4) is 0 Å². The van der Waals surface area contributed by atoms with E-state index in [2.05, 4.69) is 25.9 Å². The summed E-state index contributed by atoms with van der Waals surface area (Å²) in [4.78, 5) is 7.38. The molecule has 0 aromatic carbocycles. The van der Waals surface area contributed by atoms with Crippen molar-refractivity contribution in [3.05, 3.63) is 46.8 Å². The van der Waals surface area contributed by atoms with E-state index in [1.54, 1.807) is 0 Å². The molecule has 3 nitrogen and oxygen atoms in total. The first kappa shape index (κ1) is 12.8. The van der Waals surface area contributed by atoms with Crippen molar-refractivity contribution >= 4 is 15.9 Å². The highest BCUT2D eigenvalue weighted by Crippen LogP contribution is 2.36. The normalized spacial score (nSPS) is 11.3. The van der Waals surface area contributed by atoms with Crippen molar-refractivity contribution in [2.45, 2.75) is 6.18 Å². The van der Waals surface area contributed by atoms with Crippen LogP contribution in [0.1, 0.15) is 5.56 Å². The van der Waals surface area contributed by atoms with Crippen LogP contribution in [0.5, 0.6) is 11.6 Å². The molecule has 0 bridgehead atoms. The second kappa shape index (κ2) is 4.93. The van der Waals surface area contributed by atoms with Gasteiger partial charge in [-0.25, -0.2) is 4.98 Å². The van der Waals surface area contributed by atoms with Gasteiger partial charge in [-0.2, -0.15) is 13.2 Å². The number of hydrogen-bond acceptors (Lipinski definition) is 3. The van der Waals surface area contributed by atoms with Gasteiger partial charge in [0.2, 0.25) is 5.88 Å². The van der Waals surface area contributed by atoms with Gasteiger partial charge in [-0.15, -0.1) is 0 Å². The molecule has 0 saturated heterocycles. The molecule has 0 aliphatic heterocycles. The van der Waals surface area contributed by atoms with Gasteiger partial charge in [-0.05, 0) is 34.1 Å². The molecule has 2 aromatic heterocycles. The van der Waals surface area contributed by atoms with E-state index < -0.39 is 17.6 Å². The number of nitrogens with zero attached hydrogens (tertiary/aromatic N) is 2. The van der Waals surface area contributed by atoms with Gasteiger partial charge in [0.05, 0.1) is 6.20 Å². The fourth-order valence-corrected chi connectivity index (χ4v) is 1.59. The molecule has 0 atom stereocenters. The van der Waals surface area contributed by atoms with Gasteiger partial charge in [0.25, 0.3) is 0 Å². The molecule has 18 heavy (non-hydrogen) atoms. The Labute approximate surface area is 109 Å². The fraction of sp³-hybridized carbons (Fsp3) is 0.0909. The van der Waals surface area contributed by atoms with Crippen molar-refractivity contribution < 1.29 is 17.9 Å². The zero-order valence-electron chi connectivity index (χ0n) is 8.78. The SMILES string of the molecule is FC(F)(F)c1cccnc1Oc1cncc(Br)c1. The molecule has 0 radical (unpaired) electrons. The molecule has 94 valence electrons. The largest absolute Gasteiger partial charge is 0.437 e. The molecular formula is C11H6BrF3N2O. The molecule has 0 aliphatic carbocycles. The Hall–Kier alpha value is -1.63. The molecule has 2 rings (SSSR count). The molecule has 7 heteroatoms. The van der Waals surface area contributed by atoms with E-state index in [0.717, 1.165) is 6.07 Å². The minimum atomic E-state index is -4.51. The van der Waals surface area contributed by atoms with Crippen molar-refractivity contribution in [1.82, 2.24) is 9.97 Å². The highest BCUT2D eigenvalue weighted by molar-refractivity contribution is 9.10. The van der Waals surface area contributed by atoms with Gasteiger partial charge in [0, 0.05) is 16.9 Å². The summed E-state index contributed by atoms with van der Waals surface area (Å²) in [7, 11) is 0. The summed E-state index contributed by atoms with van der Waals surface area (Å²) in [6.07, 6.45) is -0.478. The first-order valence-corrected chi connectivity index (χ1v) is 5.57. The Morgan fingerprint density at radius 3 is 2.67 bits per heavy atom. The number of halogens is 4. The quantitative estimate of drug-likeness (QED) is 0.837. The topological polar surface area (TPSA) is 35.0 Å². The average Bonchev–Trinajstić information content (AvgIpc) is 2.28. The third-order valence-electron chi connectivity index (χ3n) is 1.97. The summed E-state index contributed by atoms with van der Waals surface area (Å²) in [5, 5.41) is 0.